The van der Waals surface area contributed by atoms with Crippen molar-refractivity contribution in [1.82, 2.24) is 4.31 Å². The molecule has 0 bridgehead atoms. The van der Waals surface area contributed by atoms with Crippen molar-refractivity contribution in [1.29, 1.82) is 0 Å². The van der Waals surface area contributed by atoms with Crippen LogP contribution in [0, 0.1) is 12.7 Å². The van der Waals surface area contributed by atoms with E-state index in [1.165, 1.54) is 10.4 Å². The van der Waals surface area contributed by atoms with Crippen molar-refractivity contribution in [3.63, 3.8) is 0 Å². The molecule has 1 aliphatic heterocycles. The molecule has 2 aromatic carbocycles. The summed E-state index contributed by atoms with van der Waals surface area (Å²) in [6.45, 7) is 2.63. The van der Waals surface area contributed by atoms with Crippen LogP contribution in [0.1, 0.15) is 28.8 Å². The van der Waals surface area contributed by atoms with Gasteiger partial charge >= 0.3 is 0 Å². The Morgan fingerprint density at radius 3 is 2.50 bits per heavy atom. The zero-order valence-corrected chi connectivity index (χ0v) is 16.5. The lowest BCUT2D eigenvalue weighted by Crippen LogP contribution is -2.29. The summed E-state index contributed by atoms with van der Waals surface area (Å²) < 4.78 is 41.6. The first-order valence-corrected chi connectivity index (χ1v) is 10.4. The lowest BCUT2D eigenvalue weighted by Gasteiger charge is -2.16. The maximum Gasteiger partial charge on any atom is 0.255 e. The van der Waals surface area contributed by atoms with E-state index in [0.717, 1.165) is 35.0 Å². The topological polar surface area (TPSA) is 66.5 Å². The van der Waals surface area contributed by atoms with Crippen LogP contribution in [0.5, 0.6) is 0 Å². The van der Waals surface area contributed by atoms with Gasteiger partial charge in [-0.3, -0.25) is 4.79 Å². The van der Waals surface area contributed by atoms with Gasteiger partial charge in [-0.15, -0.1) is 0 Å². The van der Waals surface area contributed by atoms with Crippen LogP contribution in [0.2, 0.25) is 0 Å². The molecule has 1 heterocycles. The first kappa shape index (κ1) is 19.0. The van der Waals surface area contributed by atoms with Crippen molar-refractivity contribution in [2.45, 2.75) is 24.7 Å². The minimum atomic E-state index is -3.94. The van der Waals surface area contributed by atoms with E-state index in [-0.39, 0.29) is 5.56 Å². The lowest BCUT2D eigenvalue weighted by atomic mass is 10.2. The van der Waals surface area contributed by atoms with E-state index in [2.05, 4.69) is 21.2 Å². The number of hydrogen-bond acceptors (Lipinski definition) is 3. The number of amides is 1. The van der Waals surface area contributed by atoms with Crippen LogP contribution in [0.4, 0.5) is 10.1 Å². The van der Waals surface area contributed by atoms with E-state index >= 15 is 0 Å². The molecule has 1 amide bonds. The summed E-state index contributed by atoms with van der Waals surface area (Å²) in [7, 11) is -3.94. The fraction of sp³-hybridized carbons (Fsp3) is 0.278. The van der Waals surface area contributed by atoms with E-state index in [4.69, 9.17) is 0 Å². The van der Waals surface area contributed by atoms with Gasteiger partial charge in [-0.05, 0) is 61.7 Å². The summed E-state index contributed by atoms with van der Waals surface area (Å²) in [5.41, 5.74) is 1.60. The molecule has 0 spiro atoms. The molecule has 26 heavy (non-hydrogen) atoms. The van der Waals surface area contributed by atoms with Crippen molar-refractivity contribution >= 4 is 37.5 Å². The predicted molar refractivity (Wildman–Crippen MR) is 101 cm³/mol. The molecule has 0 saturated carbocycles. The minimum absolute atomic E-state index is 0.0877. The molecule has 1 fully saturated rings. The van der Waals surface area contributed by atoms with Crippen LogP contribution in [0.3, 0.4) is 0 Å². The van der Waals surface area contributed by atoms with Gasteiger partial charge in [0.1, 0.15) is 10.7 Å². The van der Waals surface area contributed by atoms with Gasteiger partial charge < -0.3 is 5.32 Å². The number of carbonyl (C=O) groups is 1. The van der Waals surface area contributed by atoms with Gasteiger partial charge in [0.25, 0.3) is 5.91 Å². The standard InChI is InChI=1S/C18H18BrFN2O3S/c1-12-10-14(5-6-15(12)19)21-18(23)13-4-7-16(20)17(11-13)26(24,25)22-8-2-3-9-22/h4-7,10-11H,2-3,8-9H2,1H3,(H,21,23). The zero-order chi connectivity index (χ0) is 18.9. The molecule has 1 N–H and O–H groups in total. The molecule has 0 aliphatic carbocycles. The highest BCUT2D eigenvalue weighted by Crippen LogP contribution is 2.25. The quantitative estimate of drug-likeness (QED) is 0.782. The number of nitrogens with one attached hydrogen (secondary N) is 1. The summed E-state index contributed by atoms with van der Waals surface area (Å²) in [6.07, 6.45) is 1.51. The highest BCUT2D eigenvalue weighted by Gasteiger charge is 2.30. The Bertz CT molecular complexity index is 957. The molecule has 1 saturated heterocycles. The van der Waals surface area contributed by atoms with Crippen molar-refractivity contribution in [2.75, 3.05) is 18.4 Å². The first-order valence-electron chi connectivity index (χ1n) is 8.16. The molecule has 5 nitrogen and oxygen atoms in total. The second-order valence-electron chi connectivity index (χ2n) is 6.17. The molecule has 0 unspecified atom stereocenters. The Morgan fingerprint density at radius 1 is 1.15 bits per heavy atom. The van der Waals surface area contributed by atoms with E-state index in [0.29, 0.717) is 18.8 Å². The predicted octanol–water partition coefficient (Wildman–Crippen LogP) is 3.93. The van der Waals surface area contributed by atoms with Crippen molar-refractivity contribution in [3.8, 4) is 0 Å². The monoisotopic (exact) mass is 440 g/mol. The highest BCUT2D eigenvalue weighted by atomic mass is 79.9. The number of sulfonamides is 1. The van der Waals surface area contributed by atoms with Gasteiger partial charge in [0.05, 0.1) is 0 Å². The van der Waals surface area contributed by atoms with Crippen LogP contribution < -0.4 is 5.32 Å². The normalized spacial score (nSPS) is 15.2. The van der Waals surface area contributed by atoms with Crippen molar-refractivity contribution in [3.05, 3.63) is 57.8 Å². The number of aryl methyl sites for hydroxylation is 1. The SMILES string of the molecule is Cc1cc(NC(=O)c2ccc(F)c(S(=O)(=O)N3CCCC3)c2)ccc1Br. The van der Waals surface area contributed by atoms with E-state index in [1.807, 2.05) is 6.92 Å². The van der Waals surface area contributed by atoms with Gasteiger partial charge in [0.15, 0.2) is 0 Å². The third-order valence-corrected chi connectivity index (χ3v) is 7.10. The second-order valence-corrected chi connectivity index (χ2v) is 8.94. The van der Waals surface area contributed by atoms with Crippen LogP contribution >= 0.6 is 15.9 Å². The van der Waals surface area contributed by atoms with Crippen LogP contribution in [0.25, 0.3) is 0 Å². The molecule has 138 valence electrons. The summed E-state index contributed by atoms with van der Waals surface area (Å²) in [5.74, 6) is -1.35. The number of halogens is 2. The maximum absolute atomic E-state index is 14.2. The number of benzene rings is 2. The van der Waals surface area contributed by atoms with Crippen molar-refractivity contribution < 1.29 is 17.6 Å². The van der Waals surface area contributed by atoms with Crippen LogP contribution in [-0.2, 0) is 10.0 Å². The molecule has 1 aliphatic rings. The Hall–Kier alpha value is -1.77. The van der Waals surface area contributed by atoms with E-state index in [9.17, 15) is 17.6 Å². The number of anilines is 1. The Kier molecular flexibility index (Phi) is 5.45. The highest BCUT2D eigenvalue weighted by molar-refractivity contribution is 9.10. The number of nitrogens with zero attached hydrogens (tertiary/aromatic N) is 1. The molecular formula is C18H18BrFN2O3S. The molecule has 8 heteroatoms. The summed E-state index contributed by atoms with van der Waals surface area (Å²) in [4.78, 5) is 12.0. The van der Waals surface area contributed by atoms with Crippen LogP contribution in [-0.4, -0.2) is 31.7 Å². The smallest absolute Gasteiger partial charge is 0.255 e. The average molecular weight is 441 g/mol. The van der Waals surface area contributed by atoms with Gasteiger partial charge in [-0.1, -0.05) is 15.9 Å². The van der Waals surface area contributed by atoms with Gasteiger partial charge in [0.2, 0.25) is 10.0 Å². The Labute approximate surface area is 160 Å². The van der Waals surface area contributed by atoms with E-state index in [1.54, 1.807) is 18.2 Å². The minimum Gasteiger partial charge on any atom is -0.322 e. The largest absolute Gasteiger partial charge is 0.322 e. The fourth-order valence-electron chi connectivity index (χ4n) is 2.84. The molecular weight excluding hydrogens is 423 g/mol. The van der Waals surface area contributed by atoms with Gasteiger partial charge in [-0.2, -0.15) is 4.31 Å². The molecule has 0 radical (unpaired) electrons. The Balaban J connectivity index is 1.89. The fourth-order valence-corrected chi connectivity index (χ4v) is 4.69. The zero-order valence-electron chi connectivity index (χ0n) is 14.1. The number of rotatable bonds is 4. The molecule has 0 aromatic heterocycles. The summed E-state index contributed by atoms with van der Waals surface area (Å²) in [5, 5.41) is 2.70. The van der Waals surface area contributed by atoms with Gasteiger partial charge in [0, 0.05) is 28.8 Å². The molecule has 0 atom stereocenters. The molecule has 3 rings (SSSR count). The van der Waals surface area contributed by atoms with Crippen LogP contribution in [0.15, 0.2) is 45.8 Å². The number of carbonyl (C=O) groups excluding carboxylic acids is 1. The first-order chi connectivity index (χ1) is 12.3. The lowest BCUT2D eigenvalue weighted by molar-refractivity contribution is 0.102. The molecule has 2 aromatic rings. The van der Waals surface area contributed by atoms with Gasteiger partial charge in [-0.25, -0.2) is 12.8 Å². The summed E-state index contributed by atoms with van der Waals surface area (Å²) >= 11 is 3.39. The second kappa shape index (κ2) is 7.46. The third-order valence-electron chi connectivity index (χ3n) is 4.29. The van der Waals surface area contributed by atoms with E-state index < -0.39 is 26.6 Å². The maximum atomic E-state index is 14.2. The Morgan fingerprint density at radius 2 is 1.85 bits per heavy atom. The number of hydrogen-bond donors (Lipinski definition) is 1. The third kappa shape index (κ3) is 3.82. The van der Waals surface area contributed by atoms with Crippen molar-refractivity contribution in [2.24, 2.45) is 0 Å². The average Bonchev–Trinajstić information content (AvgIpc) is 3.14. The summed E-state index contributed by atoms with van der Waals surface area (Å²) in [6, 6.07) is 8.71.